The average Bonchev–Trinajstić information content (AvgIpc) is 2.77. The van der Waals surface area contributed by atoms with Crippen LogP contribution in [0.2, 0.25) is 0 Å². The van der Waals surface area contributed by atoms with E-state index in [1.807, 2.05) is 6.07 Å². The highest BCUT2D eigenvalue weighted by Crippen LogP contribution is 2.15. The minimum absolute atomic E-state index is 0.0462. The quantitative estimate of drug-likeness (QED) is 0.108. The summed E-state index contributed by atoms with van der Waals surface area (Å²) in [4.78, 5) is 54.6. The lowest BCUT2D eigenvalue weighted by Gasteiger charge is -2.35. The molecule has 0 unspecified atom stereocenters. The first-order chi connectivity index (χ1) is 15.9. The van der Waals surface area contributed by atoms with Crippen molar-refractivity contribution in [1.29, 1.82) is 0 Å². The Hall–Kier alpha value is -3.51. The molecule has 12 nitrogen and oxygen atoms in total. The summed E-state index contributed by atoms with van der Waals surface area (Å²) in [6.07, 6.45) is 0.467. The minimum atomic E-state index is -1.47. The highest BCUT2D eigenvalue weighted by molar-refractivity contribution is 6.03. The largest absolute Gasteiger partial charge is 0.445 e. The van der Waals surface area contributed by atoms with Gasteiger partial charge in [-0.2, -0.15) is 0 Å². The lowest BCUT2D eigenvalue weighted by molar-refractivity contribution is -0.153. The number of imide groups is 1. The van der Waals surface area contributed by atoms with Gasteiger partial charge in [-0.05, 0) is 31.4 Å². The third kappa shape index (κ3) is 7.84. The Bertz CT molecular complexity index is 841. The number of aliphatic hydroxyl groups is 1. The Kier molecular flexibility index (Phi) is 10.2. The fourth-order valence-electron chi connectivity index (χ4n) is 3.13. The summed E-state index contributed by atoms with van der Waals surface area (Å²) in [6.45, 7) is -0.0314. The number of benzene rings is 1. The van der Waals surface area contributed by atoms with Crippen LogP contribution in [0.1, 0.15) is 24.8 Å². The molecule has 0 aromatic heterocycles. The Labute approximate surface area is 191 Å². The van der Waals surface area contributed by atoms with Gasteiger partial charge in [0.1, 0.15) is 18.9 Å². The summed E-state index contributed by atoms with van der Waals surface area (Å²) in [5, 5.41) is 14.9. The molecule has 1 saturated heterocycles. The Morgan fingerprint density at radius 1 is 1.30 bits per heavy atom. The molecule has 0 spiro atoms. The predicted octanol–water partition coefficient (Wildman–Crippen LogP) is -1.39. The lowest BCUT2D eigenvalue weighted by atomic mass is 10.0. The van der Waals surface area contributed by atoms with Crippen molar-refractivity contribution in [2.45, 2.75) is 44.0 Å². The Morgan fingerprint density at radius 3 is 2.55 bits per heavy atom. The summed E-state index contributed by atoms with van der Waals surface area (Å²) in [5.74, 6) is -1.63. The molecular weight excluding hydrogens is 432 g/mol. The molecule has 0 radical (unpaired) electrons. The fraction of sp³-hybridized carbons (Fsp3) is 0.476. The van der Waals surface area contributed by atoms with Crippen molar-refractivity contribution in [2.24, 2.45) is 16.5 Å². The zero-order valence-corrected chi connectivity index (χ0v) is 18.2. The van der Waals surface area contributed by atoms with E-state index in [1.54, 1.807) is 24.3 Å². The molecule has 3 amide bonds. The van der Waals surface area contributed by atoms with Gasteiger partial charge in [0.25, 0.3) is 5.91 Å². The van der Waals surface area contributed by atoms with Crippen LogP contribution in [0.4, 0.5) is 4.79 Å². The van der Waals surface area contributed by atoms with E-state index in [-0.39, 0.29) is 25.5 Å². The van der Waals surface area contributed by atoms with Crippen LogP contribution < -0.4 is 22.1 Å². The number of carbonyl (C=O) groups excluding carboxylic acids is 4. The van der Waals surface area contributed by atoms with Crippen molar-refractivity contribution in [2.75, 3.05) is 19.7 Å². The van der Waals surface area contributed by atoms with Crippen LogP contribution in [0.25, 0.3) is 0 Å². The van der Waals surface area contributed by atoms with Gasteiger partial charge in [0.15, 0.2) is 5.96 Å². The van der Waals surface area contributed by atoms with Crippen molar-refractivity contribution in [3.05, 3.63) is 35.9 Å². The average molecular weight is 463 g/mol. The SMILES string of the molecule is NC(N)=NCCC[C@@H](C=O)N(C(=O)[C@@H]1CCN1)C(=O)[C@@H](CO)NC(=O)OCc1ccccc1. The normalized spacial score (nSPS) is 16.5. The van der Waals surface area contributed by atoms with Crippen LogP contribution >= 0.6 is 0 Å². The molecule has 1 heterocycles. The monoisotopic (exact) mass is 462 g/mol. The number of aldehydes is 1. The molecule has 33 heavy (non-hydrogen) atoms. The van der Waals surface area contributed by atoms with E-state index < -0.39 is 42.6 Å². The summed E-state index contributed by atoms with van der Waals surface area (Å²) in [6, 6.07) is 5.67. The number of nitrogens with one attached hydrogen (secondary N) is 2. The second-order valence-electron chi connectivity index (χ2n) is 7.44. The molecule has 3 atom stereocenters. The highest BCUT2D eigenvalue weighted by Gasteiger charge is 2.39. The summed E-state index contributed by atoms with van der Waals surface area (Å²) < 4.78 is 5.08. The molecule has 2 rings (SSSR count). The molecule has 1 fully saturated rings. The number of amides is 3. The predicted molar refractivity (Wildman–Crippen MR) is 119 cm³/mol. The zero-order chi connectivity index (χ0) is 24.2. The highest BCUT2D eigenvalue weighted by atomic mass is 16.5. The maximum absolute atomic E-state index is 13.1. The van der Waals surface area contributed by atoms with Crippen molar-refractivity contribution in [1.82, 2.24) is 15.5 Å². The lowest BCUT2D eigenvalue weighted by Crippen LogP contribution is -2.62. The molecule has 1 aliphatic heterocycles. The standard InChI is InChI=1S/C21H30N6O6/c22-20(23)25-9-4-7-15(11-28)27(18(30)16-8-10-24-16)19(31)17(12-29)26-21(32)33-13-14-5-2-1-3-6-14/h1-3,5-6,11,15-17,24,29H,4,7-10,12-13H2,(H,26,32)(H4,22,23,25)/t15-,16-,17+/m0/s1. The fourth-order valence-corrected chi connectivity index (χ4v) is 3.13. The van der Waals surface area contributed by atoms with E-state index >= 15 is 0 Å². The van der Waals surface area contributed by atoms with Gasteiger partial charge < -0.3 is 36.7 Å². The van der Waals surface area contributed by atoms with Gasteiger partial charge in [0, 0.05) is 6.54 Å². The number of guanidine groups is 1. The molecule has 12 heteroatoms. The third-order valence-electron chi connectivity index (χ3n) is 5.02. The first-order valence-electron chi connectivity index (χ1n) is 10.6. The van der Waals surface area contributed by atoms with E-state index in [0.717, 1.165) is 10.5 Å². The number of ether oxygens (including phenoxy) is 1. The van der Waals surface area contributed by atoms with E-state index in [1.165, 1.54) is 0 Å². The van der Waals surface area contributed by atoms with Gasteiger partial charge in [-0.3, -0.25) is 19.5 Å². The molecule has 0 bridgehead atoms. The molecular formula is C21H30N6O6. The number of hydrogen-bond acceptors (Lipinski definition) is 8. The second kappa shape index (κ2) is 13.1. The van der Waals surface area contributed by atoms with Crippen molar-refractivity contribution in [3.63, 3.8) is 0 Å². The van der Waals surface area contributed by atoms with Gasteiger partial charge in [-0.25, -0.2) is 4.79 Å². The first-order valence-corrected chi connectivity index (χ1v) is 10.6. The topological polar surface area (TPSA) is 189 Å². The van der Waals surface area contributed by atoms with Crippen LogP contribution in [0.5, 0.6) is 0 Å². The van der Waals surface area contributed by atoms with E-state index in [4.69, 9.17) is 16.2 Å². The van der Waals surface area contributed by atoms with Gasteiger partial charge in [-0.1, -0.05) is 30.3 Å². The minimum Gasteiger partial charge on any atom is -0.445 e. The molecule has 180 valence electrons. The number of carbonyl (C=O) groups is 4. The van der Waals surface area contributed by atoms with E-state index in [0.29, 0.717) is 25.7 Å². The maximum atomic E-state index is 13.1. The maximum Gasteiger partial charge on any atom is 0.408 e. The van der Waals surface area contributed by atoms with Crippen LogP contribution in [-0.2, 0) is 25.7 Å². The van der Waals surface area contributed by atoms with Gasteiger partial charge in [0.2, 0.25) is 5.91 Å². The van der Waals surface area contributed by atoms with Crippen LogP contribution in [0.3, 0.4) is 0 Å². The smallest absolute Gasteiger partial charge is 0.408 e. The van der Waals surface area contributed by atoms with Gasteiger partial charge in [0.05, 0.1) is 18.7 Å². The molecule has 0 saturated carbocycles. The molecule has 7 N–H and O–H groups in total. The number of nitrogens with two attached hydrogens (primary N) is 2. The molecule has 1 aliphatic rings. The molecule has 0 aliphatic carbocycles. The number of aliphatic hydroxyl groups excluding tert-OH is 1. The van der Waals surface area contributed by atoms with Gasteiger partial charge >= 0.3 is 6.09 Å². The number of rotatable bonds is 12. The Morgan fingerprint density at radius 2 is 2.00 bits per heavy atom. The number of aliphatic imine (C=N–C) groups is 1. The van der Waals surface area contributed by atoms with E-state index in [2.05, 4.69) is 15.6 Å². The number of alkyl carbamates (subject to hydrolysis) is 1. The van der Waals surface area contributed by atoms with Crippen molar-refractivity contribution >= 4 is 30.2 Å². The summed E-state index contributed by atoms with van der Waals surface area (Å²) >= 11 is 0. The van der Waals surface area contributed by atoms with Crippen molar-refractivity contribution < 1.29 is 29.0 Å². The first kappa shape index (κ1) is 25.7. The number of hydrogen-bond donors (Lipinski definition) is 5. The molecule has 1 aromatic carbocycles. The molecule has 1 aromatic rings. The van der Waals surface area contributed by atoms with E-state index in [9.17, 15) is 24.3 Å². The summed E-state index contributed by atoms with van der Waals surface area (Å²) in [5.41, 5.74) is 11.3. The van der Waals surface area contributed by atoms with Crippen molar-refractivity contribution in [3.8, 4) is 0 Å². The van der Waals surface area contributed by atoms with Crippen LogP contribution in [-0.4, -0.2) is 78.0 Å². The third-order valence-corrected chi connectivity index (χ3v) is 5.02. The second-order valence-corrected chi connectivity index (χ2v) is 7.44. The zero-order valence-electron chi connectivity index (χ0n) is 18.2. The van der Waals surface area contributed by atoms with Gasteiger partial charge in [-0.15, -0.1) is 0 Å². The van der Waals surface area contributed by atoms with Crippen LogP contribution in [0.15, 0.2) is 35.3 Å². The van der Waals surface area contributed by atoms with Crippen LogP contribution in [0, 0.1) is 0 Å². The Balaban J connectivity index is 2.07. The summed E-state index contributed by atoms with van der Waals surface area (Å²) in [7, 11) is 0. The number of nitrogens with zero attached hydrogens (tertiary/aromatic N) is 2.